The highest BCUT2D eigenvalue weighted by Crippen LogP contribution is 2.34. The van der Waals surface area contributed by atoms with Crippen LogP contribution >= 0.6 is 11.6 Å². The van der Waals surface area contributed by atoms with Crippen LogP contribution < -0.4 is 14.9 Å². The molecule has 1 saturated carbocycles. The van der Waals surface area contributed by atoms with Gasteiger partial charge in [0, 0.05) is 32.6 Å². The van der Waals surface area contributed by atoms with Gasteiger partial charge in [0.2, 0.25) is 16.0 Å². The van der Waals surface area contributed by atoms with E-state index in [-0.39, 0.29) is 17.5 Å². The fourth-order valence-electron chi connectivity index (χ4n) is 4.55. The normalized spacial score (nSPS) is 18.6. The van der Waals surface area contributed by atoms with Crippen molar-refractivity contribution in [3.05, 3.63) is 53.1 Å². The molecule has 0 aliphatic heterocycles. The van der Waals surface area contributed by atoms with Crippen LogP contribution in [0.4, 0.5) is 24.9 Å². The molecular formula is C25H29ClF3N5O2S. The summed E-state index contributed by atoms with van der Waals surface area (Å²) < 4.78 is 66.9. The number of sulfonamides is 1. The second kappa shape index (κ2) is 11.0. The standard InChI is InChI=1S/C25H29ClF3N5O2S/c1-34(2)23-19-5-3-4-6-21(19)32-24(33-23)30-14-16-7-9-17(10-8-16)15-31-37(35,36)22-13-18(25(27,28)29)11-12-20(22)26/h3-6,11-13,16-17,31H,7-10,14-15H2,1-2H3,(H,30,32,33). The summed E-state index contributed by atoms with van der Waals surface area (Å²) in [4.78, 5) is 10.7. The van der Waals surface area contributed by atoms with Gasteiger partial charge in [0.25, 0.3) is 0 Å². The fraction of sp³-hybridized carbons (Fsp3) is 0.440. The molecule has 0 atom stereocenters. The molecule has 4 rings (SSSR count). The molecular weight excluding hydrogens is 527 g/mol. The number of nitrogens with one attached hydrogen (secondary N) is 2. The van der Waals surface area contributed by atoms with E-state index in [4.69, 9.17) is 11.6 Å². The molecule has 2 aromatic carbocycles. The molecule has 37 heavy (non-hydrogen) atoms. The van der Waals surface area contributed by atoms with Crippen LogP contribution in [0, 0.1) is 11.8 Å². The van der Waals surface area contributed by atoms with Crippen LogP contribution in [0.25, 0.3) is 10.9 Å². The van der Waals surface area contributed by atoms with E-state index >= 15 is 0 Å². The van der Waals surface area contributed by atoms with Gasteiger partial charge in [0.15, 0.2) is 0 Å². The summed E-state index contributed by atoms with van der Waals surface area (Å²) in [5.74, 6) is 1.87. The minimum atomic E-state index is -4.66. The van der Waals surface area contributed by atoms with Gasteiger partial charge in [-0.2, -0.15) is 18.2 Å². The van der Waals surface area contributed by atoms with Crippen molar-refractivity contribution in [3.8, 4) is 0 Å². The SMILES string of the molecule is CN(C)c1nc(NCC2CCC(CNS(=O)(=O)c3cc(C(F)(F)F)ccc3Cl)CC2)nc2ccccc12. The Bertz CT molecular complexity index is 1360. The lowest BCUT2D eigenvalue weighted by Crippen LogP contribution is -2.32. The minimum Gasteiger partial charge on any atom is -0.362 e. The van der Waals surface area contributed by atoms with Crippen molar-refractivity contribution >= 4 is 44.3 Å². The molecule has 3 aromatic rings. The van der Waals surface area contributed by atoms with Gasteiger partial charge in [-0.3, -0.25) is 0 Å². The van der Waals surface area contributed by atoms with Crippen LogP contribution in [-0.2, 0) is 16.2 Å². The third-order valence-electron chi connectivity index (χ3n) is 6.63. The van der Waals surface area contributed by atoms with Crippen LogP contribution in [0.15, 0.2) is 47.4 Å². The molecule has 0 saturated heterocycles. The molecule has 1 aromatic heterocycles. The van der Waals surface area contributed by atoms with Gasteiger partial charge in [-0.05, 0) is 67.9 Å². The number of halogens is 4. The van der Waals surface area contributed by atoms with Crippen LogP contribution in [0.2, 0.25) is 5.02 Å². The Hall–Kier alpha value is -2.63. The molecule has 1 fully saturated rings. The lowest BCUT2D eigenvalue weighted by atomic mass is 9.82. The number of hydrogen-bond donors (Lipinski definition) is 2. The molecule has 200 valence electrons. The number of anilines is 2. The van der Waals surface area contributed by atoms with E-state index in [1.54, 1.807) is 0 Å². The van der Waals surface area contributed by atoms with Gasteiger partial charge in [-0.25, -0.2) is 18.1 Å². The summed E-state index contributed by atoms with van der Waals surface area (Å²) in [5.41, 5.74) is -0.195. The summed E-state index contributed by atoms with van der Waals surface area (Å²) in [6, 6.07) is 10.1. The first kappa shape index (κ1) is 27.4. The zero-order chi connectivity index (χ0) is 26.8. The highest BCUT2D eigenvalue weighted by atomic mass is 35.5. The van der Waals surface area contributed by atoms with Crippen LogP contribution in [0.5, 0.6) is 0 Å². The van der Waals surface area contributed by atoms with Crippen molar-refractivity contribution in [1.29, 1.82) is 0 Å². The van der Waals surface area contributed by atoms with Gasteiger partial charge in [-0.15, -0.1) is 0 Å². The number of fused-ring (bicyclic) bond motifs is 1. The first-order valence-corrected chi connectivity index (χ1v) is 13.8. The second-order valence-corrected chi connectivity index (χ2v) is 11.7. The molecule has 0 radical (unpaired) electrons. The van der Waals surface area contributed by atoms with E-state index in [9.17, 15) is 21.6 Å². The third-order valence-corrected chi connectivity index (χ3v) is 8.54. The number of alkyl halides is 3. The Kier molecular flexibility index (Phi) is 8.15. The zero-order valence-electron chi connectivity index (χ0n) is 20.5. The summed E-state index contributed by atoms with van der Waals surface area (Å²) in [6.45, 7) is 0.846. The van der Waals surface area contributed by atoms with Gasteiger partial charge >= 0.3 is 6.18 Å². The summed E-state index contributed by atoms with van der Waals surface area (Å²) in [5, 5.41) is 4.08. The van der Waals surface area contributed by atoms with E-state index in [0.29, 0.717) is 24.5 Å². The lowest BCUT2D eigenvalue weighted by molar-refractivity contribution is -0.137. The quantitative estimate of drug-likeness (QED) is 0.378. The van der Waals surface area contributed by atoms with Crippen molar-refractivity contribution in [3.63, 3.8) is 0 Å². The van der Waals surface area contributed by atoms with Crippen molar-refractivity contribution < 1.29 is 21.6 Å². The van der Waals surface area contributed by atoms with Gasteiger partial charge < -0.3 is 10.2 Å². The molecule has 1 aliphatic rings. The molecule has 1 heterocycles. The average Bonchev–Trinajstić information content (AvgIpc) is 2.85. The molecule has 0 spiro atoms. The van der Waals surface area contributed by atoms with Crippen molar-refractivity contribution in [2.24, 2.45) is 11.8 Å². The van der Waals surface area contributed by atoms with E-state index in [2.05, 4.69) is 20.0 Å². The Labute approximate surface area is 219 Å². The molecule has 7 nitrogen and oxygen atoms in total. The highest BCUT2D eigenvalue weighted by molar-refractivity contribution is 7.89. The maximum absolute atomic E-state index is 13.0. The molecule has 0 amide bonds. The second-order valence-electron chi connectivity index (χ2n) is 9.54. The Morgan fingerprint density at radius 1 is 1.00 bits per heavy atom. The molecule has 0 unspecified atom stereocenters. The molecule has 12 heteroatoms. The Balaban J connectivity index is 1.31. The average molecular weight is 556 g/mol. The fourth-order valence-corrected chi connectivity index (χ4v) is 6.19. The van der Waals surface area contributed by atoms with Crippen LogP contribution in [0.1, 0.15) is 31.2 Å². The first-order valence-electron chi connectivity index (χ1n) is 12.0. The van der Waals surface area contributed by atoms with Crippen molar-refractivity contribution in [2.45, 2.75) is 36.8 Å². The predicted octanol–water partition coefficient (Wildman–Crippen LogP) is 5.56. The van der Waals surface area contributed by atoms with E-state index in [1.165, 1.54) is 0 Å². The third kappa shape index (κ3) is 6.63. The van der Waals surface area contributed by atoms with Gasteiger partial charge in [0.05, 0.1) is 16.1 Å². The predicted molar refractivity (Wildman–Crippen MR) is 139 cm³/mol. The molecule has 2 N–H and O–H groups in total. The summed E-state index contributed by atoms with van der Waals surface area (Å²) >= 11 is 5.91. The zero-order valence-corrected chi connectivity index (χ0v) is 22.1. The smallest absolute Gasteiger partial charge is 0.362 e. The van der Waals surface area contributed by atoms with Gasteiger partial charge in [-0.1, -0.05) is 23.7 Å². The van der Waals surface area contributed by atoms with E-state index in [1.807, 2.05) is 43.3 Å². The number of hydrogen-bond acceptors (Lipinski definition) is 6. The van der Waals surface area contributed by atoms with Crippen LogP contribution in [0.3, 0.4) is 0 Å². The van der Waals surface area contributed by atoms with Crippen molar-refractivity contribution in [2.75, 3.05) is 37.4 Å². The van der Waals surface area contributed by atoms with Gasteiger partial charge in [0.1, 0.15) is 10.7 Å². The first-order chi connectivity index (χ1) is 17.4. The molecule has 1 aliphatic carbocycles. The van der Waals surface area contributed by atoms with Crippen LogP contribution in [-0.4, -0.2) is 45.6 Å². The van der Waals surface area contributed by atoms with E-state index < -0.39 is 26.7 Å². The maximum Gasteiger partial charge on any atom is 0.416 e. The monoisotopic (exact) mass is 555 g/mol. The summed E-state index contributed by atoms with van der Waals surface area (Å²) in [6.07, 6.45) is -1.29. The Morgan fingerprint density at radius 2 is 1.65 bits per heavy atom. The molecule has 0 bridgehead atoms. The number of benzene rings is 2. The summed E-state index contributed by atoms with van der Waals surface area (Å²) in [7, 11) is -0.298. The lowest BCUT2D eigenvalue weighted by Gasteiger charge is -2.29. The largest absolute Gasteiger partial charge is 0.416 e. The number of aromatic nitrogens is 2. The maximum atomic E-state index is 13.0. The number of rotatable bonds is 8. The Morgan fingerprint density at radius 3 is 2.30 bits per heavy atom. The van der Waals surface area contributed by atoms with E-state index in [0.717, 1.165) is 54.5 Å². The number of nitrogens with zero attached hydrogens (tertiary/aromatic N) is 3. The number of para-hydroxylation sites is 1. The topological polar surface area (TPSA) is 87.2 Å². The minimum absolute atomic E-state index is 0.0906. The van der Waals surface area contributed by atoms with Crippen molar-refractivity contribution in [1.82, 2.24) is 14.7 Å². The highest BCUT2D eigenvalue weighted by Gasteiger charge is 2.33.